The van der Waals surface area contributed by atoms with Gasteiger partial charge >= 0.3 is 5.97 Å². The van der Waals surface area contributed by atoms with Crippen LogP contribution in [0, 0.1) is 0 Å². The zero-order valence-electron chi connectivity index (χ0n) is 12.4. The minimum absolute atomic E-state index is 0.258. The van der Waals surface area contributed by atoms with E-state index in [-0.39, 0.29) is 24.8 Å². The molecule has 0 fully saturated rings. The molecular weight excluding hydrogens is 316 g/mol. The summed E-state index contributed by atoms with van der Waals surface area (Å²) in [4.78, 5) is 24.9. The first kappa shape index (κ1) is 15.6. The molecule has 0 N–H and O–H groups in total. The number of ketones is 1. The summed E-state index contributed by atoms with van der Waals surface area (Å²) < 4.78 is 15.9. The molecule has 0 radical (unpaired) electrons. The van der Waals surface area contributed by atoms with Gasteiger partial charge in [0, 0.05) is 10.4 Å². The molecule has 0 aliphatic carbocycles. The second-order valence-corrected chi connectivity index (χ2v) is 6.05. The number of thiophene rings is 1. The lowest BCUT2D eigenvalue weighted by Crippen LogP contribution is -2.17. The van der Waals surface area contributed by atoms with E-state index < -0.39 is 0 Å². The monoisotopic (exact) mass is 332 g/mol. The van der Waals surface area contributed by atoms with E-state index in [1.807, 2.05) is 17.5 Å². The largest absolute Gasteiger partial charge is 0.486 e. The van der Waals surface area contributed by atoms with Crippen LogP contribution in [-0.4, -0.2) is 31.6 Å². The standard InChI is InChI=1S/C17H16O5S/c18-14(11-22-17(19)6-4-13-2-1-9-23-13)12-3-5-15-16(10-12)21-8-7-20-15/h1-3,5,9-10H,4,6-8,11H2. The third-order valence-corrected chi connectivity index (χ3v) is 4.32. The maximum atomic E-state index is 12.1. The first-order valence-corrected chi connectivity index (χ1v) is 8.21. The van der Waals surface area contributed by atoms with E-state index in [1.54, 1.807) is 29.5 Å². The van der Waals surface area contributed by atoms with Gasteiger partial charge in [0.05, 0.1) is 6.42 Å². The molecule has 120 valence electrons. The van der Waals surface area contributed by atoms with Crippen LogP contribution in [0.5, 0.6) is 11.5 Å². The summed E-state index contributed by atoms with van der Waals surface area (Å²) in [5.41, 5.74) is 0.445. The number of hydrogen-bond donors (Lipinski definition) is 0. The van der Waals surface area contributed by atoms with Gasteiger partial charge in [-0.1, -0.05) is 6.07 Å². The van der Waals surface area contributed by atoms with E-state index in [9.17, 15) is 9.59 Å². The van der Waals surface area contributed by atoms with Gasteiger partial charge < -0.3 is 14.2 Å². The van der Waals surface area contributed by atoms with E-state index in [0.717, 1.165) is 4.88 Å². The van der Waals surface area contributed by atoms with Crippen LogP contribution < -0.4 is 9.47 Å². The molecule has 3 rings (SSSR count). The van der Waals surface area contributed by atoms with E-state index >= 15 is 0 Å². The average Bonchev–Trinajstić information content (AvgIpc) is 3.11. The van der Waals surface area contributed by atoms with Crippen molar-refractivity contribution in [2.75, 3.05) is 19.8 Å². The highest BCUT2D eigenvalue weighted by Gasteiger charge is 2.16. The molecule has 1 aliphatic rings. The van der Waals surface area contributed by atoms with Crippen LogP contribution >= 0.6 is 11.3 Å². The van der Waals surface area contributed by atoms with Gasteiger partial charge in [-0.05, 0) is 36.1 Å². The number of fused-ring (bicyclic) bond motifs is 1. The number of hydrogen-bond acceptors (Lipinski definition) is 6. The zero-order chi connectivity index (χ0) is 16.1. The molecule has 23 heavy (non-hydrogen) atoms. The smallest absolute Gasteiger partial charge is 0.306 e. The number of Topliss-reactive ketones (excluding diaryl/α,β-unsaturated/α-hetero) is 1. The molecule has 0 unspecified atom stereocenters. The van der Waals surface area contributed by atoms with Crippen molar-refractivity contribution in [2.45, 2.75) is 12.8 Å². The second kappa shape index (κ2) is 7.28. The van der Waals surface area contributed by atoms with Gasteiger partial charge in [0.15, 0.2) is 23.9 Å². The number of aryl methyl sites for hydroxylation is 1. The topological polar surface area (TPSA) is 61.8 Å². The molecule has 1 aliphatic heterocycles. The van der Waals surface area contributed by atoms with E-state index in [4.69, 9.17) is 14.2 Å². The molecule has 5 nitrogen and oxygen atoms in total. The Labute approximate surface area is 137 Å². The van der Waals surface area contributed by atoms with Crippen LogP contribution in [0.15, 0.2) is 35.7 Å². The minimum Gasteiger partial charge on any atom is -0.486 e. The lowest BCUT2D eigenvalue weighted by Gasteiger charge is -2.18. The third-order valence-electron chi connectivity index (χ3n) is 3.38. The normalized spacial score (nSPS) is 12.7. The fourth-order valence-electron chi connectivity index (χ4n) is 2.20. The molecule has 6 heteroatoms. The Hall–Kier alpha value is -2.34. The predicted molar refractivity (Wildman–Crippen MR) is 85.4 cm³/mol. The molecule has 0 amide bonds. The molecule has 1 aromatic carbocycles. The third kappa shape index (κ3) is 4.10. The van der Waals surface area contributed by atoms with Crippen LogP contribution in [0.25, 0.3) is 0 Å². The first-order chi connectivity index (χ1) is 11.2. The number of rotatable bonds is 6. The molecule has 0 spiro atoms. The van der Waals surface area contributed by atoms with Crippen molar-refractivity contribution in [3.05, 3.63) is 46.2 Å². The van der Waals surface area contributed by atoms with Crippen LogP contribution in [0.2, 0.25) is 0 Å². The number of carbonyl (C=O) groups excluding carboxylic acids is 2. The SMILES string of the molecule is O=C(CCc1cccs1)OCC(=O)c1ccc2c(c1)OCCO2. The maximum absolute atomic E-state index is 12.1. The lowest BCUT2D eigenvalue weighted by molar-refractivity contribution is -0.142. The van der Waals surface area contributed by atoms with Gasteiger partial charge in [-0.25, -0.2) is 0 Å². The van der Waals surface area contributed by atoms with E-state index in [2.05, 4.69) is 0 Å². The number of esters is 1. The van der Waals surface area contributed by atoms with Gasteiger partial charge in [0.2, 0.25) is 0 Å². The summed E-state index contributed by atoms with van der Waals surface area (Å²) in [7, 11) is 0. The van der Waals surface area contributed by atoms with Crippen molar-refractivity contribution in [2.24, 2.45) is 0 Å². The lowest BCUT2D eigenvalue weighted by atomic mass is 10.1. The number of benzene rings is 1. The van der Waals surface area contributed by atoms with Crippen molar-refractivity contribution in [1.29, 1.82) is 0 Å². The fraction of sp³-hybridized carbons (Fsp3) is 0.294. The highest BCUT2D eigenvalue weighted by molar-refractivity contribution is 7.09. The molecule has 2 heterocycles. The summed E-state index contributed by atoms with van der Waals surface area (Å²) >= 11 is 1.60. The Morgan fingerprint density at radius 3 is 2.74 bits per heavy atom. The summed E-state index contributed by atoms with van der Waals surface area (Å²) in [6, 6.07) is 8.88. The fourth-order valence-corrected chi connectivity index (χ4v) is 2.91. The molecule has 0 bridgehead atoms. The van der Waals surface area contributed by atoms with E-state index in [1.165, 1.54) is 0 Å². The predicted octanol–water partition coefficient (Wildman–Crippen LogP) is 2.88. The van der Waals surface area contributed by atoms with Gasteiger partial charge in [0.1, 0.15) is 13.2 Å². The maximum Gasteiger partial charge on any atom is 0.306 e. The summed E-state index contributed by atoms with van der Waals surface area (Å²) in [6.07, 6.45) is 0.906. The van der Waals surface area contributed by atoms with Crippen LogP contribution in [0.4, 0.5) is 0 Å². The summed E-state index contributed by atoms with van der Waals surface area (Å²) in [5.74, 6) is 0.544. The van der Waals surface area contributed by atoms with Crippen LogP contribution in [0.1, 0.15) is 21.7 Å². The van der Waals surface area contributed by atoms with Crippen molar-refractivity contribution < 1.29 is 23.8 Å². The van der Waals surface area contributed by atoms with Gasteiger partial charge in [-0.3, -0.25) is 9.59 Å². The van der Waals surface area contributed by atoms with Crippen LogP contribution in [-0.2, 0) is 16.0 Å². The highest BCUT2D eigenvalue weighted by Crippen LogP contribution is 2.30. The van der Waals surface area contributed by atoms with Crippen molar-refractivity contribution in [3.63, 3.8) is 0 Å². The first-order valence-electron chi connectivity index (χ1n) is 7.33. The second-order valence-electron chi connectivity index (χ2n) is 5.02. The Morgan fingerprint density at radius 1 is 1.13 bits per heavy atom. The van der Waals surface area contributed by atoms with Crippen LogP contribution in [0.3, 0.4) is 0 Å². The number of carbonyl (C=O) groups is 2. The zero-order valence-corrected chi connectivity index (χ0v) is 13.3. The summed E-state index contributed by atoms with van der Waals surface area (Å²) in [6.45, 7) is 0.702. The number of ether oxygens (including phenoxy) is 3. The minimum atomic E-state index is -0.371. The molecule has 0 saturated heterocycles. The highest BCUT2D eigenvalue weighted by atomic mass is 32.1. The average molecular weight is 332 g/mol. The molecule has 0 saturated carbocycles. The Bertz CT molecular complexity index is 693. The van der Waals surface area contributed by atoms with Crippen molar-refractivity contribution in [1.82, 2.24) is 0 Å². The van der Waals surface area contributed by atoms with E-state index in [0.29, 0.717) is 36.7 Å². The Balaban J connectivity index is 1.50. The van der Waals surface area contributed by atoms with Crippen molar-refractivity contribution >= 4 is 23.1 Å². The summed E-state index contributed by atoms with van der Waals surface area (Å²) in [5, 5.41) is 1.96. The van der Waals surface area contributed by atoms with Gasteiger partial charge in [-0.15, -0.1) is 11.3 Å². The quantitative estimate of drug-likeness (QED) is 0.601. The van der Waals surface area contributed by atoms with Gasteiger partial charge in [-0.2, -0.15) is 0 Å². The van der Waals surface area contributed by atoms with Gasteiger partial charge in [0.25, 0.3) is 0 Å². The van der Waals surface area contributed by atoms with Crippen molar-refractivity contribution in [3.8, 4) is 11.5 Å². The Kier molecular flexibility index (Phi) is 4.92. The Morgan fingerprint density at radius 2 is 1.96 bits per heavy atom. The molecule has 1 aromatic heterocycles. The molecule has 0 atom stereocenters. The molecular formula is C17H16O5S. The molecule has 2 aromatic rings.